The minimum Gasteiger partial charge on any atom is -0.379 e. The van der Waals surface area contributed by atoms with Crippen LogP contribution in [0.5, 0.6) is 0 Å². The van der Waals surface area contributed by atoms with E-state index in [1.54, 1.807) is 0 Å². The molecule has 2 N–H and O–H groups in total. The first-order valence-electron chi connectivity index (χ1n) is 8.41. The molecule has 0 amide bonds. The molecule has 0 atom stereocenters. The summed E-state index contributed by atoms with van der Waals surface area (Å²) in [6, 6.07) is 4.47. The van der Waals surface area contributed by atoms with Gasteiger partial charge in [0.2, 0.25) is 0 Å². The topological polar surface area (TPSA) is 48.9 Å². The molecule has 0 aliphatic carbocycles. The fraction of sp³-hybridized carbons (Fsp3) is 0.611. The summed E-state index contributed by atoms with van der Waals surface area (Å²) in [7, 11) is 1.82. The van der Waals surface area contributed by atoms with Gasteiger partial charge in [-0.15, -0.1) is 0 Å². The summed E-state index contributed by atoms with van der Waals surface area (Å²) in [6.45, 7) is 12.9. The highest BCUT2D eigenvalue weighted by Crippen LogP contribution is 2.15. The standard InChI is InChI=1S/C18H30N4O/c1-14-11-15(2)17(16(3)12-14)13-21-18(19-4)20-5-6-22-7-9-23-10-8-22/h11-12H,5-10,13H2,1-4H3,(H2,19,20,21). The Kier molecular flexibility index (Phi) is 6.86. The van der Waals surface area contributed by atoms with E-state index in [0.29, 0.717) is 0 Å². The van der Waals surface area contributed by atoms with Crippen molar-refractivity contribution in [3.05, 3.63) is 34.4 Å². The van der Waals surface area contributed by atoms with Crippen molar-refractivity contribution in [2.45, 2.75) is 27.3 Å². The van der Waals surface area contributed by atoms with Crippen LogP contribution in [-0.2, 0) is 11.3 Å². The first kappa shape index (κ1) is 17.8. The highest BCUT2D eigenvalue weighted by atomic mass is 16.5. The smallest absolute Gasteiger partial charge is 0.191 e. The summed E-state index contributed by atoms with van der Waals surface area (Å²) in [5.41, 5.74) is 5.33. The van der Waals surface area contributed by atoms with E-state index in [2.05, 4.69) is 53.4 Å². The van der Waals surface area contributed by atoms with E-state index in [1.807, 2.05) is 7.05 Å². The van der Waals surface area contributed by atoms with Gasteiger partial charge in [0, 0.05) is 39.8 Å². The summed E-state index contributed by atoms with van der Waals surface area (Å²) < 4.78 is 5.37. The molecule has 1 aromatic rings. The van der Waals surface area contributed by atoms with Gasteiger partial charge in [0.05, 0.1) is 13.2 Å². The zero-order chi connectivity index (χ0) is 16.7. The van der Waals surface area contributed by atoms with E-state index in [0.717, 1.165) is 51.9 Å². The lowest BCUT2D eigenvalue weighted by atomic mass is 10.00. The van der Waals surface area contributed by atoms with Gasteiger partial charge < -0.3 is 15.4 Å². The highest BCUT2D eigenvalue weighted by Gasteiger charge is 2.10. The van der Waals surface area contributed by atoms with Crippen LogP contribution in [0.4, 0.5) is 0 Å². The first-order chi connectivity index (χ1) is 11.1. The fourth-order valence-corrected chi connectivity index (χ4v) is 3.04. The third kappa shape index (κ3) is 5.52. The van der Waals surface area contributed by atoms with Crippen LogP contribution in [0, 0.1) is 20.8 Å². The van der Waals surface area contributed by atoms with Gasteiger partial charge in [-0.2, -0.15) is 0 Å². The summed E-state index contributed by atoms with van der Waals surface area (Å²) in [4.78, 5) is 6.73. The maximum atomic E-state index is 5.37. The summed E-state index contributed by atoms with van der Waals surface area (Å²) in [5.74, 6) is 0.859. The summed E-state index contributed by atoms with van der Waals surface area (Å²) in [5, 5.41) is 6.81. The molecular weight excluding hydrogens is 288 g/mol. The van der Waals surface area contributed by atoms with E-state index in [4.69, 9.17) is 4.74 Å². The Labute approximate surface area is 140 Å². The van der Waals surface area contributed by atoms with Crippen molar-refractivity contribution in [2.24, 2.45) is 4.99 Å². The molecular formula is C18H30N4O. The van der Waals surface area contributed by atoms with Crippen molar-refractivity contribution in [3.63, 3.8) is 0 Å². The number of aliphatic imine (C=N–C) groups is 1. The molecule has 0 aromatic heterocycles. The zero-order valence-electron chi connectivity index (χ0n) is 14.9. The van der Waals surface area contributed by atoms with Crippen LogP contribution in [-0.4, -0.2) is 57.3 Å². The lowest BCUT2D eigenvalue weighted by Crippen LogP contribution is -2.44. The second kappa shape index (κ2) is 8.89. The SMILES string of the molecule is CN=C(NCCN1CCOCC1)NCc1c(C)cc(C)cc1C. The quantitative estimate of drug-likeness (QED) is 0.640. The van der Waals surface area contributed by atoms with Crippen LogP contribution in [0.15, 0.2) is 17.1 Å². The number of hydrogen-bond acceptors (Lipinski definition) is 3. The number of nitrogens with zero attached hydrogens (tertiary/aromatic N) is 2. The van der Waals surface area contributed by atoms with Crippen molar-refractivity contribution < 1.29 is 4.74 Å². The van der Waals surface area contributed by atoms with Crippen molar-refractivity contribution in [2.75, 3.05) is 46.4 Å². The summed E-state index contributed by atoms with van der Waals surface area (Å²) in [6.07, 6.45) is 0. The van der Waals surface area contributed by atoms with Crippen molar-refractivity contribution in [1.29, 1.82) is 0 Å². The van der Waals surface area contributed by atoms with E-state index < -0.39 is 0 Å². The van der Waals surface area contributed by atoms with Gasteiger partial charge in [-0.3, -0.25) is 9.89 Å². The van der Waals surface area contributed by atoms with Crippen LogP contribution in [0.25, 0.3) is 0 Å². The molecule has 1 saturated heterocycles. The number of ether oxygens (including phenoxy) is 1. The van der Waals surface area contributed by atoms with Crippen molar-refractivity contribution >= 4 is 5.96 Å². The number of guanidine groups is 1. The van der Waals surface area contributed by atoms with Gasteiger partial charge in [0.1, 0.15) is 0 Å². The lowest BCUT2D eigenvalue weighted by Gasteiger charge is -2.26. The lowest BCUT2D eigenvalue weighted by molar-refractivity contribution is 0.0389. The number of hydrogen-bond donors (Lipinski definition) is 2. The van der Waals surface area contributed by atoms with Gasteiger partial charge in [-0.05, 0) is 37.5 Å². The van der Waals surface area contributed by atoms with E-state index >= 15 is 0 Å². The molecule has 1 heterocycles. The second-order valence-electron chi connectivity index (χ2n) is 6.18. The number of morpholine rings is 1. The Hall–Kier alpha value is -1.59. The zero-order valence-corrected chi connectivity index (χ0v) is 14.9. The molecule has 128 valence electrons. The third-order valence-electron chi connectivity index (χ3n) is 4.32. The molecule has 1 fully saturated rings. The van der Waals surface area contributed by atoms with Gasteiger partial charge in [-0.25, -0.2) is 0 Å². The van der Waals surface area contributed by atoms with Crippen LogP contribution >= 0.6 is 0 Å². The molecule has 5 heteroatoms. The number of benzene rings is 1. The third-order valence-corrected chi connectivity index (χ3v) is 4.32. The van der Waals surface area contributed by atoms with Gasteiger partial charge in [0.25, 0.3) is 0 Å². The molecule has 0 radical (unpaired) electrons. The molecule has 0 saturated carbocycles. The second-order valence-corrected chi connectivity index (χ2v) is 6.18. The molecule has 5 nitrogen and oxygen atoms in total. The monoisotopic (exact) mass is 318 g/mol. The van der Waals surface area contributed by atoms with Gasteiger partial charge >= 0.3 is 0 Å². The first-order valence-corrected chi connectivity index (χ1v) is 8.41. The molecule has 1 aliphatic rings. The van der Waals surface area contributed by atoms with Crippen LogP contribution in [0.3, 0.4) is 0 Å². The Balaban J connectivity index is 1.79. The predicted molar refractivity (Wildman–Crippen MR) is 96.1 cm³/mol. The van der Waals surface area contributed by atoms with Crippen molar-refractivity contribution in [1.82, 2.24) is 15.5 Å². The average Bonchev–Trinajstić information content (AvgIpc) is 2.53. The van der Waals surface area contributed by atoms with E-state index in [9.17, 15) is 0 Å². The molecule has 2 rings (SSSR count). The average molecular weight is 318 g/mol. The molecule has 1 aliphatic heterocycles. The Morgan fingerprint density at radius 2 is 1.78 bits per heavy atom. The van der Waals surface area contributed by atoms with E-state index in [-0.39, 0.29) is 0 Å². The van der Waals surface area contributed by atoms with Crippen LogP contribution in [0.2, 0.25) is 0 Å². The van der Waals surface area contributed by atoms with E-state index in [1.165, 1.54) is 22.3 Å². The minimum atomic E-state index is 0.801. The molecule has 0 bridgehead atoms. The summed E-state index contributed by atoms with van der Waals surface area (Å²) >= 11 is 0. The number of nitrogens with one attached hydrogen (secondary N) is 2. The fourth-order valence-electron chi connectivity index (χ4n) is 3.04. The Morgan fingerprint density at radius 1 is 1.13 bits per heavy atom. The number of aryl methyl sites for hydroxylation is 3. The van der Waals surface area contributed by atoms with Crippen LogP contribution < -0.4 is 10.6 Å². The molecule has 0 spiro atoms. The number of rotatable bonds is 5. The predicted octanol–water partition coefficient (Wildman–Crippen LogP) is 1.61. The largest absolute Gasteiger partial charge is 0.379 e. The Bertz CT molecular complexity index is 513. The molecule has 0 unspecified atom stereocenters. The molecule has 1 aromatic carbocycles. The molecule has 23 heavy (non-hydrogen) atoms. The normalized spacial score (nSPS) is 16.4. The highest BCUT2D eigenvalue weighted by molar-refractivity contribution is 5.79. The van der Waals surface area contributed by atoms with Crippen LogP contribution in [0.1, 0.15) is 22.3 Å². The maximum Gasteiger partial charge on any atom is 0.191 e. The maximum absolute atomic E-state index is 5.37. The van der Waals surface area contributed by atoms with Crippen molar-refractivity contribution in [3.8, 4) is 0 Å². The minimum absolute atomic E-state index is 0.801. The van der Waals surface area contributed by atoms with Gasteiger partial charge in [-0.1, -0.05) is 17.7 Å². The van der Waals surface area contributed by atoms with Gasteiger partial charge in [0.15, 0.2) is 5.96 Å². The Morgan fingerprint density at radius 3 is 2.39 bits per heavy atom.